The topological polar surface area (TPSA) is 9.23 Å². The van der Waals surface area contributed by atoms with E-state index in [4.69, 9.17) is 4.43 Å². The van der Waals surface area contributed by atoms with E-state index < -0.39 is 8.32 Å². The molecule has 78 valence electrons. The van der Waals surface area contributed by atoms with Gasteiger partial charge in [-0.1, -0.05) is 32.9 Å². The summed E-state index contributed by atoms with van der Waals surface area (Å²) in [5, 5.41) is 0.308. The summed E-state index contributed by atoms with van der Waals surface area (Å²) in [5.41, 5.74) is 0. The quantitative estimate of drug-likeness (QED) is 0.495. The predicted molar refractivity (Wildman–Crippen MR) is 62.6 cm³/mol. The van der Waals surface area contributed by atoms with E-state index in [0.717, 1.165) is 0 Å². The standard InChI is InChI=1S/C11H24OSi/c1-8-9-10(2)12-13(6,7)11(3,4)5/h8-10H,1-7H3/t10-/m1/s1. The molecule has 0 amide bonds. The van der Waals surface area contributed by atoms with Crippen LogP contribution in [-0.4, -0.2) is 14.4 Å². The lowest BCUT2D eigenvalue weighted by Gasteiger charge is -2.37. The number of hydrogen-bond donors (Lipinski definition) is 0. The first kappa shape index (κ1) is 12.9. The first-order valence-electron chi connectivity index (χ1n) is 5.01. The lowest BCUT2D eigenvalue weighted by molar-refractivity contribution is 0.243. The summed E-state index contributed by atoms with van der Waals surface area (Å²) in [5.74, 6) is 0. The van der Waals surface area contributed by atoms with Crippen molar-refractivity contribution in [1.29, 1.82) is 0 Å². The average molecular weight is 200 g/mol. The van der Waals surface area contributed by atoms with Gasteiger partial charge >= 0.3 is 0 Å². The van der Waals surface area contributed by atoms with Crippen molar-refractivity contribution < 1.29 is 4.43 Å². The van der Waals surface area contributed by atoms with E-state index >= 15 is 0 Å². The Labute approximate surface area is 84.3 Å². The van der Waals surface area contributed by atoms with Crippen LogP contribution in [0.3, 0.4) is 0 Å². The zero-order valence-electron chi connectivity index (χ0n) is 10.1. The molecule has 0 unspecified atom stereocenters. The Morgan fingerprint density at radius 2 is 1.69 bits per heavy atom. The molecule has 0 bridgehead atoms. The Kier molecular flexibility index (Phi) is 4.40. The molecule has 0 saturated heterocycles. The molecule has 0 heterocycles. The van der Waals surface area contributed by atoms with Crippen LogP contribution in [0.4, 0.5) is 0 Å². The Morgan fingerprint density at radius 3 is 2.00 bits per heavy atom. The lowest BCUT2D eigenvalue weighted by atomic mass is 10.2. The van der Waals surface area contributed by atoms with Crippen LogP contribution < -0.4 is 0 Å². The Hall–Kier alpha value is -0.0831. The summed E-state index contributed by atoms with van der Waals surface area (Å²) in [7, 11) is -1.56. The van der Waals surface area contributed by atoms with Gasteiger partial charge in [-0.05, 0) is 32.0 Å². The Balaban J connectivity index is 4.33. The van der Waals surface area contributed by atoms with Gasteiger partial charge in [0.15, 0.2) is 8.32 Å². The summed E-state index contributed by atoms with van der Waals surface area (Å²) in [4.78, 5) is 0. The summed E-state index contributed by atoms with van der Waals surface area (Å²) in [6, 6.07) is 0. The summed E-state index contributed by atoms with van der Waals surface area (Å²) in [6.45, 7) is 15.5. The maximum absolute atomic E-state index is 6.09. The van der Waals surface area contributed by atoms with E-state index in [0.29, 0.717) is 5.04 Å². The monoisotopic (exact) mass is 200 g/mol. The summed E-state index contributed by atoms with van der Waals surface area (Å²) < 4.78 is 6.09. The van der Waals surface area contributed by atoms with Crippen molar-refractivity contribution in [3.63, 3.8) is 0 Å². The van der Waals surface area contributed by atoms with Gasteiger partial charge in [-0.2, -0.15) is 0 Å². The molecule has 0 rings (SSSR count). The molecule has 0 fully saturated rings. The molecule has 1 atom stereocenters. The Morgan fingerprint density at radius 1 is 1.23 bits per heavy atom. The largest absolute Gasteiger partial charge is 0.411 e. The fourth-order valence-corrected chi connectivity index (χ4v) is 2.31. The summed E-state index contributed by atoms with van der Waals surface area (Å²) in [6.07, 6.45) is 4.42. The molecule has 2 heteroatoms. The highest BCUT2D eigenvalue weighted by molar-refractivity contribution is 6.74. The van der Waals surface area contributed by atoms with Crippen LogP contribution >= 0.6 is 0 Å². The molecule has 0 saturated carbocycles. The molecule has 0 aliphatic rings. The predicted octanol–water partition coefficient (Wildman–Crippen LogP) is 3.97. The molecule has 0 aromatic carbocycles. The second kappa shape index (κ2) is 4.42. The van der Waals surface area contributed by atoms with Gasteiger partial charge in [0.1, 0.15) is 0 Å². The third kappa shape index (κ3) is 4.10. The molecule has 0 radical (unpaired) electrons. The molecule has 0 aliphatic carbocycles. The molecule has 0 aromatic rings. The van der Waals surface area contributed by atoms with Crippen molar-refractivity contribution in [2.24, 2.45) is 0 Å². The lowest BCUT2D eigenvalue weighted by Crippen LogP contribution is -2.42. The van der Waals surface area contributed by atoms with Crippen molar-refractivity contribution >= 4 is 8.32 Å². The van der Waals surface area contributed by atoms with E-state index in [1.807, 2.05) is 6.92 Å². The van der Waals surface area contributed by atoms with Crippen molar-refractivity contribution in [3.8, 4) is 0 Å². The highest BCUT2D eigenvalue weighted by Gasteiger charge is 2.37. The first-order chi connectivity index (χ1) is 5.70. The van der Waals surface area contributed by atoms with Gasteiger partial charge < -0.3 is 4.43 Å². The van der Waals surface area contributed by atoms with E-state index in [1.165, 1.54) is 0 Å². The molecule has 1 nitrogen and oxygen atoms in total. The van der Waals surface area contributed by atoms with E-state index in [2.05, 4.69) is 52.9 Å². The van der Waals surface area contributed by atoms with Gasteiger partial charge in [-0.25, -0.2) is 0 Å². The fourth-order valence-electron chi connectivity index (χ4n) is 0.952. The molecule has 0 N–H and O–H groups in total. The fraction of sp³-hybridized carbons (Fsp3) is 0.818. The van der Waals surface area contributed by atoms with Crippen molar-refractivity contribution in [2.45, 2.75) is 58.9 Å². The maximum Gasteiger partial charge on any atom is 0.192 e. The molecule has 0 aromatic heterocycles. The van der Waals surface area contributed by atoms with E-state index in [-0.39, 0.29) is 6.10 Å². The van der Waals surface area contributed by atoms with Crippen LogP contribution in [0, 0.1) is 0 Å². The third-order valence-corrected chi connectivity index (χ3v) is 7.32. The van der Waals surface area contributed by atoms with Crippen LogP contribution in [-0.2, 0) is 4.43 Å². The zero-order chi connectivity index (χ0) is 10.7. The number of hydrogen-bond acceptors (Lipinski definition) is 1. The van der Waals surface area contributed by atoms with Crippen LogP contribution in [0.25, 0.3) is 0 Å². The second-order valence-electron chi connectivity index (χ2n) is 5.11. The minimum absolute atomic E-state index is 0.255. The first-order valence-corrected chi connectivity index (χ1v) is 7.92. The number of rotatable bonds is 3. The SMILES string of the molecule is CC=C[C@@H](C)O[Si](C)(C)C(C)(C)C. The van der Waals surface area contributed by atoms with E-state index in [9.17, 15) is 0 Å². The average Bonchev–Trinajstić information content (AvgIpc) is 1.83. The minimum Gasteiger partial charge on any atom is -0.411 e. The second-order valence-corrected chi connectivity index (χ2v) is 9.87. The van der Waals surface area contributed by atoms with Crippen LogP contribution in [0.1, 0.15) is 34.6 Å². The molecular formula is C11H24OSi. The van der Waals surface area contributed by atoms with Gasteiger partial charge in [0.2, 0.25) is 0 Å². The molecule has 0 aliphatic heterocycles. The van der Waals surface area contributed by atoms with Crippen molar-refractivity contribution in [2.75, 3.05) is 0 Å². The van der Waals surface area contributed by atoms with Crippen molar-refractivity contribution in [1.82, 2.24) is 0 Å². The maximum atomic E-state index is 6.09. The van der Waals surface area contributed by atoms with Gasteiger partial charge in [0, 0.05) is 0 Å². The summed E-state index contributed by atoms with van der Waals surface area (Å²) >= 11 is 0. The van der Waals surface area contributed by atoms with Gasteiger partial charge in [-0.3, -0.25) is 0 Å². The Bertz CT molecular complexity index is 177. The van der Waals surface area contributed by atoms with Crippen LogP contribution in [0.2, 0.25) is 18.1 Å². The minimum atomic E-state index is -1.56. The van der Waals surface area contributed by atoms with Crippen molar-refractivity contribution in [3.05, 3.63) is 12.2 Å². The van der Waals surface area contributed by atoms with Gasteiger partial charge in [0.25, 0.3) is 0 Å². The normalized spacial score (nSPS) is 16.5. The zero-order valence-corrected chi connectivity index (χ0v) is 11.1. The highest BCUT2D eigenvalue weighted by Crippen LogP contribution is 2.37. The van der Waals surface area contributed by atoms with E-state index in [1.54, 1.807) is 0 Å². The van der Waals surface area contributed by atoms with Crippen LogP contribution in [0.15, 0.2) is 12.2 Å². The molecular weight excluding hydrogens is 176 g/mol. The molecule has 13 heavy (non-hydrogen) atoms. The molecule has 0 spiro atoms. The van der Waals surface area contributed by atoms with Gasteiger partial charge in [-0.15, -0.1) is 0 Å². The van der Waals surface area contributed by atoms with Gasteiger partial charge in [0.05, 0.1) is 6.10 Å². The third-order valence-electron chi connectivity index (χ3n) is 2.75. The highest BCUT2D eigenvalue weighted by atomic mass is 28.4. The smallest absolute Gasteiger partial charge is 0.192 e. The van der Waals surface area contributed by atoms with Crippen LogP contribution in [0.5, 0.6) is 0 Å². The number of allylic oxidation sites excluding steroid dienone is 1.